The van der Waals surface area contributed by atoms with E-state index in [2.05, 4.69) is 11.9 Å². The number of hydrogen-bond donors (Lipinski definition) is 2. The minimum absolute atomic E-state index is 0.0263. The van der Waals surface area contributed by atoms with E-state index < -0.39 is 58.6 Å². The minimum Gasteiger partial charge on any atom is -0.530 e. The van der Waals surface area contributed by atoms with Gasteiger partial charge in [-0.1, -0.05) is 63.6 Å². The molecule has 3 heterocycles. The molecule has 2 saturated heterocycles. The predicted octanol–water partition coefficient (Wildman–Crippen LogP) is 3.63. The summed E-state index contributed by atoms with van der Waals surface area (Å²) in [6, 6.07) is 11.8. The van der Waals surface area contributed by atoms with Crippen molar-refractivity contribution in [1.82, 2.24) is 14.5 Å². The number of nitrogens with one attached hydrogen (secondary N) is 1. The Morgan fingerprint density at radius 2 is 1.85 bits per heavy atom. The number of allylic oxidation sites excluding steroid dienone is 1. The Balaban J connectivity index is 1.38. The highest BCUT2D eigenvalue weighted by Crippen LogP contribution is 2.38. The van der Waals surface area contributed by atoms with Crippen LogP contribution in [0.25, 0.3) is 0 Å². The average Bonchev–Trinajstić information content (AvgIpc) is 3.84. The van der Waals surface area contributed by atoms with Crippen LogP contribution in [-0.4, -0.2) is 99.0 Å². The van der Waals surface area contributed by atoms with Crippen molar-refractivity contribution in [2.75, 3.05) is 39.6 Å². The number of carbonyl (C=O) groups excluding carboxylic acids is 2. The first-order valence-electron chi connectivity index (χ1n) is 17.7. The lowest BCUT2D eigenvalue weighted by Crippen LogP contribution is -2.61. The van der Waals surface area contributed by atoms with Crippen LogP contribution in [0.3, 0.4) is 0 Å². The second-order valence-corrected chi connectivity index (χ2v) is 16.3. The lowest BCUT2D eigenvalue weighted by molar-refractivity contribution is -0.273. The van der Waals surface area contributed by atoms with E-state index in [0.29, 0.717) is 49.7 Å². The Morgan fingerprint density at radius 3 is 2.58 bits per heavy atom. The highest BCUT2D eigenvalue weighted by atomic mass is 32.2. The van der Waals surface area contributed by atoms with Gasteiger partial charge >= 0.3 is 6.09 Å². The van der Waals surface area contributed by atoms with E-state index in [1.54, 1.807) is 6.92 Å². The molecular weight excluding hydrogens is 694 g/mol. The molecule has 2 fully saturated rings. The second-order valence-electron chi connectivity index (χ2n) is 14.4. The molecule has 2 amide bonds. The summed E-state index contributed by atoms with van der Waals surface area (Å²) in [7, 11) is -4.25. The molecule has 0 aliphatic carbocycles. The Kier molecular flexibility index (Phi) is 13.1. The maximum absolute atomic E-state index is 14.5. The smallest absolute Gasteiger partial charge is 0.412 e. The zero-order valence-electron chi connectivity index (χ0n) is 30.0. The normalized spacial score (nSPS) is 20.7. The number of nitrogens with zero attached hydrogens (tertiary/aromatic N) is 2. The Morgan fingerprint density at radius 1 is 1.10 bits per heavy atom. The zero-order chi connectivity index (χ0) is 37.5. The summed E-state index contributed by atoms with van der Waals surface area (Å²) in [5.41, 5.74) is 0.204. The van der Waals surface area contributed by atoms with Crippen molar-refractivity contribution in [2.24, 2.45) is 11.3 Å². The topological polar surface area (TPSA) is 176 Å². The number of amides is 2. The number of ether oxygens (including phenoxy) is 5. The monoisotopic (exact) mass is 744 g/mol. The number of carboxylic acid groups (broad SMARTS) is 1. The van der Waals surface area contributed by atoms with E-state index >= 15 is 0 Å². The molecule has 0 radical (unpaired) electrons. The number of hydrogen-bond acceptors (Lipinski definition) is 11. The van der Waals surface area contributed by atoms with Crippen LogP contribution in [0.1, 0.15) is 58.4 Å². The third-order valence-corrected chi connectivity index (χ3v) is 11.5. The summed E-state index contributed by atoms with van der Waals surface area (Å²) in [4.78, 5) is 25.8. The number of aliphatic hydroxyl groups is 1. The SMILES string of the molecule is C=C(C)OC(=O)NCCCCCC(C)(C)CN(C[C@@H](O)[C@H](Cc1ccccc1)N(C(=O)[O-])[C@H]1CO[C@H]2OCC[C@H]21)S(=O)(=O)c1ccc2c(c1)OCO2. The molecule has 0 spiro atoms. The maximum atomic E-state index is 14.5. The largest absolute Gasteiger partial charge is 0.530 e. The molecule has 2 N–H and O–H groups in total. The van der Waals surface area contributed by atoms with Gasteiger partial charge in [-0.25, -0.2) is 13.2 Å². The van der Waals surface area contributed by atoms with Gasteiger partial charge in [0.15, 0.2) is 17.8 Å². The number of fused-ring (bicyclic) bond motifs is 2. The first-order chi connectivity index (χ1) is 24.7. The van der Waals surface area contributed by atoms with Crippen LogP contribution < -0.4 is 19.9 Å². The van der Waals surface area contributed by atoms with Crippen LogP contribution in [0.15, 0.2) is 65.8 Å². The van der Waals surface area contributed by atoms with E-state index in [0.717, 1.165) is 23.3 Å². The van der Waals surface area contributed by atoms with Crippen molar-refractivity contribution in [3.63, 3.8) is 0 Å². The van der Waals surface area contributed by atoms with Gasteiger partial charge in [-0.05, 0) is 55.7 Å². The standard InChI is InChI=1S/C37H51N3O11S/c1-25(2)51-35(42)38-17-10-6-9-16-37(3,4)23-39(52(45,46)27-13-14-32-33(20-27)50-24-49-32)21-31(41)29(19-26-11-7-5-8-12-26)40(36(43)44)30-22-48-34-28(30)15-18-47-34/h5,7-8,11-14,20,28-31,34,41H,1,6,9-10,15-19,21-24H2,2-4H3,(H,38,42)(H,43,44)/p-1/t28-,29-,30-,31+,34+/m0/s1. The molecule has 0 saturated carbocycles. The van der Waals surface area contributed by atoms with E-state index in [-0.39, 0.29) is 37.2 Å². The predicted molar refractivity (Wildman–Crippen MR) is 188 cm³/mol. The molecule has 2 aromatic carbocycles. The Labute approximate surface area is 305 Å². The Hall–Kier alpha value is -3.89. The van der Waals surface area contributed by atoms with Crippen LogP contribution >= 0.6 is 0 Å². The van der Waals surface area contributed by atoms with Gasteiger partial charge < -0.3 is 48.9 Å². The van der Waals surface area contributed by atoms with Gasteiger partial charge in [-0.3, -0.25) is 0 Å². The minimum atomic E-state index is -4.25. The highest BCUT2D eigenvalue weighted by Gasteiger charge is 2.47. The van der Waals surface area contributed by atoms with E-state index in [1.165, 1.54) is 22.5 Å². The lowest BCUT2D eigenvalue weighted by Gasteiger charge is -2.43. The number of aliphatic hydroxyl groups excluding tert-OH is 1. The molecule has 15 heteroatoms. The molecule has 0 aromatic heterocycles. The number of rotatable bonds is 18. The molecule has 3 aliphatic heterocycles. The molecule has 0 unspecified atom stereocenters. The van der Waals surface area contributed by atoms with Crippen molar-refractivity contribution in [1.29, 1.82) is 0 Å². The fraction of sp³-hybridized carbons (Fsp3) is 0.568. The number of alkyl carbamates (subject to hydrolysis) is 1. The highest BCUT2D eigenvalue weighted by molar-refractivity contribution is 7.89. The summed E-state index contributed by atoms with van der Waals surface area (Å²) in [5.74, 6) is 0.769. The third-order valence-electron chi connectivity index (χ3n) is 9.71. The van der Waals surface area contributed by atoms with Crippen molar-refractivity contribution in [3.05, 3.63) is 66.4 Å². The molecule has 0 bridgehead atoms. The molecule has 52 heavy (non-hydrogen) atoms. The summed E-state index contributed by atoms with van der Waals surface area (Å²) < 4.78 is 57.4. The van der Waals surface area contributed by atoms with Crippen LogP contribution in [0.4, 0.5) is 9.59 Å². The molecule has 2 aromatic rings. The molecule has 5 rings (SSSR count). The summed E-state index contributed by atoms with van der Waals surface area (Å²) in [5, 5.41) is 27.7. The van der Waals surface area contributed by atoms with Crippen molar-refractivity contribution >= 4 is 22.2 Å². The van der Waals surface area contributed by atoms with Gasteiger partial charge in [-0.2, -0.15) is 4.31 Å². The van der Waals surface area contributed by atoms with Crippen molar-refractivity contribution in [3.8, 4) is 11.5 Å². The second kappa shape index (κ2) is 17.3. The van der Waals surface area contributed by atoms with Crippen LogP contribution in [0, 0.1) is 11.3 Å². The van der Waals surface area contributed by atoms with Crippen molar-refractivity contribution < 1.29 is 51.9 Å². The average molecular weight is 745 g/mol. The summed E-state index contributed by atoms with van der Waals surface area (Å²) in [6.07, 6.45) is -0.513. The molecule has 5 atom stereocenters. The zero-order valence-corrected chi connectivity index (χ0v) is 30.8. The number of unbranched alkanes of at least 4 members (excludes halogenated alkanes) is 2. The van der Waals surface area contributed by atoms with Gasteiger partial charge in [0.1, 0.15) is 6.09 Å². The van der Waals surface area contributed by atoms with Gasteiger partial charge in [-0.15, -0.1) is 0 Å². The van der Waals surface area contributed by atoms with E-state index in [4.69, 9.17) is 23.7 Å². The number of benzene rings is 2. The third kappa shape index (κ3) is 9.95. The number of carbonyl (C=O) groups is 2. The fourth-order valence-corrected chi connectivity index (χ4v) is 8.79. The number of sulfonamides is 1. The van der Waals surface area contributed by atoms with Crippen molar-refractivity contribution in [2.45, 2.75) is 88.7 Å². The Bertz CT molecular complexity index is 1660. The van der Waals surface area contributed by atoms with Gasteiger partial charge in [0, 0.05) is 31.6 Å². The lowest BCUT2D eigenvalue weighted by atomic mass is 9.86. The summed E-state index contributed by atoms with van der Waals surface area (Å²) in [6.45, 7) is 9.55. The first-order valence-corrected chi connectivity index (χ1v) is 19.1. The molecular formula is C37H50N3O11S-. The van der Waals surface area contributed by atoms with Gasteiger partial charge in [0.2, 0.25) is 16.8 Å². The molecule has 286 valence electrons. The van der Waals surface area contributed by atoms with Gasteiger partial charge in [0.25, 0.3) is 0 Å². The quantitative estimate of drug-likeness (QED) is 0.168. The van der Waals surface area contributed by atoms with E-state index in [1.807, 2.05) is 44.2 Å². The molecule has 3 aliphatic rings. The fourth-order valence-electron chi connectivity index (χ4n) is 7.13. The van der Waals surface area contributed by atoms with E-state index in [9.17, 15) is 28.2 Å². The van der Waals surface area contributed by atoms with Crippen LogP contribution in [0.5, 0.6) is 11.5 Å². The van der Waals surface area contributed by atoms with Crippen LogP contribution in [-0.2, 0) is 30.7 Å². The van der Waals surface area contributed by atoms with Gasteiger partial charge in [0.05, 0.1) is 42.1 Å². The van der Waals surface area contributed by atoms with Crippen LogP contribution in [0.2, 0.25) is 0 Å². The first kappa shape index (κ1) is 39.3. The molecule has 14 nitrogen and oxygen atoms in total. The summed E-state index contributed by atoms with van der Waals surface area (Å²) >= 11 is 0. The maximum Gasteiger partial charge on any atom is 0.412 e.